The monoisotopic (exact) mass is 357 g/mol. The zero-order valence-corrected chi connectivity index (χ0v) is 16.2. The van der Waals surface area contributed by atoms with E-state index in [0.29, 0.717) is 11.8 Å². The molecule has 4 rings (SSSR count). The third-order valence-electron chi connectivity index (χ3n) is 6.57. The molecule has 2 heterocycles. The molecular formula is C21H31N3O2. The van der Waals surface area contributed by atoms with Gasteiger partial charge >= 0.3 is 6.03 Å². The van der Waals surface area contributed by atoms with Gasteiger partial charge in [0.25, 0.3) is 0 Å². The van der Waals surface area contributed by atoms with Crippen LogP contribution in [0.15, 0.2) is 24.3 Å². The van der Waals surface area contributed by atoms with E-state index in [0.717, 1.165) is 31.3 Å². The van der Waals surface area contributed by atoms with E-state index < -0.39 is 0 Å². The average molecular weight is 357 g/mol. The molecule has 5 nitrogen and oxygen atoms in total. The molecular weight excluding hydrogens is 326 g/mol. The van der Waals surface area contributed by atoms with Crippen LogP contribution >= 0.6 is 0 Å². The highest BCUT2D eigenvalue weighted by Crippen LogP contribution is 2.46. The number of amides is 2. The van der Waals surface area contributed by atoms with Crippen LogP contribution in [0.3, 0.4) is 0 Å². The molecule has 3 atom stereocenters. The second-order valence-corrected chi connectivity index (χ2v) is 8.49. The quantitative estimate of drug-likeness (QED) is 0.831. The molecule has 0 N–H and O–H groups in total. The summed E-state index contributed by atoms with van der Waals surface area (Å²) in [5.74, 6) is 2.90. The van der Waals surface area contributed by atoms with Crippen molar-refractivity contribution in [2.75, 3.05) is 47.4 Å². The number of hydrogen-bond donors (Lipinski definition) is 0. The van der Waals surface area contributed by atoms with Crippen molar-refractivity contribution in [1.29, 1.82) is 0 Å². The third kappa shape index (κ3) is 3.18. The first-order chi connectivity index (χ1) is 12.6. The largest absolute Gasteiger partial charge is 0.497 e. The maximum absolute atomic E-state index is 12.8. The maximum atomic E-state index is 12.8. The van der Waals surface area contributed by atoms with E-state index in [1.807, 2.05) is 26.2 Å². The summed E-state index contributed by atoms with van der Waals surface area (Å²) in [6.45, 7) is 4.39. The normalized spacial score (nSPS) is 28.7. The number of ether oxygens (including phenoxy) is 1. The van der Waals surface area contributed by atoms with E-state index in [9.17, 15) is 4.79 Å². The smallest absolute Gasteiger partial charge is 0.320 e. The fraction of sp³-hybridized carbons (Fsp3) is 0.667. The number of benzene rings is 1. The lowest BCUT2D eigenvalue weighted by Gasteiger charge is -2.34. The lowest BCUT2D eigenvalue weighted by Crippen LogP contribution is -2.42. The number of carbonyl (C=O) groups is 1. The number of likely N-dealkylation sites (tertiary alicyclic amines) is 2. The molecule has 0 bridgehead atoms. The van der Waals surface area contributed by atoms with E-state index in [2.05, 4.69) is 21.9 Å². The second kappa shape index (κ2) is 7.10. The van der Waals surface area contributed by atoms with Gasteiger partial charge in [0.05, 0.1) is 13.2 Å². The Kier molecular flexibility index (Phi) is 4.82. The van der Waals surface area contributed by atoms with Gasteiger partial charge in [-0.2, -0.15) is 0 Å². The van der Waals surface area contributed by atoms with Gasteiger partial charge in [-0.3, -0.25) is 0 Å². The van der Waals surface area contributed by atoms with Gasteiger partial charge < -0.3 is 19.4 Å². The van der Waals surface area contributed by atoms with Crippen molar-refractivity contribution < 1.29 is 9.53 Å². The lowest BCUT2D eigenvalue weighted by molar-refractivity contribution is 0.144. The fourth-order valence-electron chi connectivity index (χ4n) is 5.01. The highest BCUT2D eigenvalue weighted by molar-refractivity contribution is 5.75. The summed E-state index contributed by atoms with van der Waals surface area (Å²) in [6.07, 6.45) is 4.21. The molecule has 3 aliphatic rings. The highest BCUT2D eigenvalue weighted by atomic mass is 16.5. The van der Waals surface area contributed by atoms with Gasteiger partial charge in [0, 0.05) is 46.2 Å². The molecule has 1 aromatic rings. The topological polar surface area (TPSA) is 36.0 Å². The Balaban J connectivity index is 1.55. The highest BCUT2D eigenvalue weighted by Gasteiger charge is 2.49. The van der Waals surface area contributed by atoms with Crippen LogP contribution in [-0.4, -0.2) is 68.1 Å². The van der Waals surface area contributed by atoms with Gasteiger partial charge in [-0.1, -0.05) is 18.6 Å². The predicted octanol–water partition coefficient (Wildman–Crippen LogP) is 3.08. The van der Waals surface area contributed by atoms with Gasteiger partial charge in [0.2, 0.25) is 0 Å². The Labute approximate surface area is 156 Å². The molecule has 1 saturated carbocycles. The van der Waals surface area contributed by atoms with Crippen LogP contribution in [0, 0.1) is 17.8 Å². The molecule has 1 aliphatic carbocycles. The van der Waals surface area contributed by atoms with Gasteiger partial charge in [-0.15, -0.1) is 0 Å². The van der Waals surface area contributed by atoms with E-state index in [1.165, 1.54) is 31.4 Å². The number of methoxy groups -OCH3 is 1. The van der Waals surface area contributed by atoms with Crippen LogP contribution in [0.1, 0.15) is 30.9 Å². The Hall–Kier alpha value is -1.75. The summed E-state index contributed by atoms with van der Waals surface area (Å²) in [5, 5.41) is 0. The van der Waals surface area contributed by atoms with Crippen molar-refractivity contribution in [1.82, 2.24) is 14.7 Å². The van der Waals surface area contributed by atoms with E-state index >= 15 is 0 Å². The van der Waals surface area contributed by atoms with E-state index in [4.69, 9.17) is 4.74 Å². The van der Waals surface area contributed by atoms with Crippen molar-refractivity contribution in [2.45, 2.75) is 25.3 Å². The molecule has 142 valence electrons. The third-order valence-corrected chi connectivity index (χ3v) is 6.57. The number of fused-ring (bicyclic) bond motifs is 1. The number of carbonyl (C=O) groups excluding carboxylic acids is 1. The van der Waals surface area contributed by atoms with Crippen molar-refractivity contribution >= 4 is 6.03 Å². The number of rotatable bonds is 4. The van der Waals surface area contributed by atoms with Crippen LogP contribution in [0.25, 0.3) is 0 Å². The standard InChI is InChI=1S/C21H31N3O2/c1-22(2)21(25)24-13-17-12-23(11-15-5-4-6-15)14-19(17)20(24)16-7-9-18(26-3)10-8-16/h7-10,15,17,19-20H,4-6,11-14H2,1-3H3/t17-,19-,20+/m1/s1. The first-order valence-corrected chi connectivity index (χ1v) is 9.91. The van der Waals surface area contributed by atoms with Gasteiger partial charge in [0.15, 0.2) is 0 Å². The van der Waals surface area contributed by atoms with Crippen molar-refractivity contribution in [3.63, 3.8) is 0 Å². The second-order valence-electron chi connectivity index (χ2n) is 8.49. The summed E-state index contributed by atoms with van der Waals surface area (Å²) < 4.78 is 5.31. The molecule has 0 unspecified atom stereocenters. The molecule has 1 aromatic carbocycles. The predicted molar refractivity (Wildman–Crippen MR) is 102 cm³/mol. The van der Waals surface area contributed by atoms with Gasteiger partial charge in [-0.25, -0.2) is 4.79 Å². The first kappa shape index (κ1) is 17.7. The summed E-state index contributed by atoms with van der Waals surface area (Å²) in [7, 11) is 5.40. The van der Waals surface area contributed by atoms with Crippen LogP contribution < -0.4 is 4.74 Å². The van der Waals surface area contributed by atoms with Crippen LogP contribution in [0.2, 0.25) is 0 Å². The summed E-state index contributed by atoms with van der Waals surface area (Å²) >= 11 is 0. The summed E-state index contributed by atoms with van der Waals surface area (Å²) in [4.78, 5) is 19.3. The zero-order chi connectivity index (χ0) is 18.3. The Bertz CT molecular complexity index is 641. The molecule has 0 aromatic heterocycles. The Morgan fingerprint density at radius 3 is 2.46 bits per heavy atom. The number of hydrogen-bond acceptors (Lipinski definition) is 3. The van der Waals surface area contributed by atoms with Crippen LogP contribution in [-0.2, 0) is 0 Å². The van der Waals surface area contributed by atoms with Crippen LogP contribution in [0.5, 0.6) is 5.75 Å². The zero-order valence-electron chi connectivity index (χ0n) is 16.2. The average Bonchev–Trinajstić information content (AvgIpc) is 3.14. The van der Waals surface area contributed by atoms with E-state index in [-0.39, 0.29) is 12.1 Å². The minimum Gasteiger partial charge on any atom is -0.497 e. The maximum Gasteiger partial charge on any atom is 0.320 e. The van der Waals surface area contributed by atoms with Gasteiger partial charge in [0.1, 0.15) is 5.75 Å². The fourth-order valence-corrected chi connectivity index (χ4v) is 5.01. The Morgan fingerprint density at radius 2 is 1.88 bits per heavy atom. The van der Waals surface area contributed by atoms with Crippen molar-refractivity contribution in [3.05, 3.63) is 29.8 Å². The summed E-state index contributed by atoms with van der Waals surface area (Å²) in [6, 6.07) is 8.61. The molecule has 26 heavy (non-hydrogen) atoms. The minimum absolute atomic E-state index is 0.130. The molecule has 0 spiro atoms. The molecule has 2 aliphatic heterocycles. The molecule has 3 fully saturated rings. The summed E-state index contributed by atoms with van der Waals surface area (Å²) in [5.41, 5.74) is 1.24. The van der Waals surface area contributed by atoms with Crippen molar-refractivity contribution in [3.8, 4) is 5.75 Å². The molecule has 2 amide bonds. The Morgan fingerprint density at radius 1 is 1.15 bits per heavy atom. The van der Waals surface area contributed by atoms with E-state index in [1.54, 1.807) is 12.0 Å². The number of nitrogens with zero attached hydrogens (tertiary/aromatic N) is 3. The van der Waals surface area contributed by atoms with Crippen molar-refractivity contribution in [2.24, 2.45) is 17.8 Å². The van der Waals surface area contributed by atoms with Crippen LogP contribution in [0.4, 0.5) is 4.79 Å². The van der Waals surface area contributed by atoms with Gasteiger partial charge in [-0.05, 0) is 42.4 Å². The molecule has 5 heteroatoms. The number of urea groups is 1. The SMILES string of the molecule is COc1ccc([C@H]2[C@@H]3CN(CC4CCC4)C[C@@H]3CN2C(=O)N(C)C)cc1. The first-order valence-electron chi connectivity index (χ1n) is 9.91. The lowest BCUT2D eigenvalue weighted by atomic mass is 9.85. The molecule has 2 saturated heterocycles. The molecule has 0 radical (unpaired) electrons. The minimum atomic E-state index is 0.130.